The lowest BCUT2D eigenvalue weighted by atomic mass is 10.00. The maximum atomic E-state index is 13.8. The highest BCUT2D eigenvalue weighted by atomic mass is 16.7. The van der Waals surface area contributed by atoms with Gasteiger partial charge in [0, 0.05) is 24.6 Å². The molecule has 1 aromatic heterocycles. The monoisotopic (exact) mass is 606 g/mol. The van der Waals surface area contributed by atoms with Gasteiger partial charge >= 0.3 is 5.97 Å². The van der Waals surface area contributed by atoms with E-state index in [2.05, 4.69) is 0 Å². The van der Waals surface area contributed by atoms with E-state index in [9.17, 15) is 45.3 Å². The Labute approximate surface area is 242 Å². The van der Waals surface area contributed by atoms with E-state index in [1.165, 1.54) is 37.3 Å². The van der Waals surface area contributed by atoms with Crippen LogP contribution in [0.2, 0.25) is 0 Å². The van der Waals surface area contributed by atoms with Crippen LogP contribution in [-0.4, -0.2) is 104 Å². The predicted octanol–water partition coefficient (Wildman–Crippen LogP) is -0.534. The van der Waals surface area contributed by atoms with Gasteiger partial charge in [0.15, 0.2) is 18.0 Å². The number of carbonyl (C=O) groups excluding carboxylic acids is 1. The Morgan fingerprint density at radius 1 is 0.907 bits per heavy atom. The van der Waals surface area contributed by atoms with Crippen LogP contribution in [-0.2, 0) is 19.0 Å². The molecule has 3 aromatic rings. The molecule has 2 aromatic carbocycles. The van der Waals surface area contributed by atoms with Gasteiger partial charge in [0.05, 0.1) is 12.7 Å². The maximum absolute atomic E-state index is 13.8. The summed E-state index contributed by atoms with van der Waals surface area (Å²) in [6, 6.07) is 7.65. The third-order valence-electron chi connectivity index (χ3n) is 7.10. The van der Waals surface area contributed by atoms with Crippen LogP contribution in [0.3, 0.4) is 0 Å². The van der Waals surface area contributed by atoms with E-state index in [0.717, 1.165) is 13.0 Å². The minimum absolute atomic E-state index is 0.0974. The SMILES string of the molecule is CC(=O)O[C@@H]1[C@@H](O)[C@H](Oc2c(-c3ccc(O)cc3)oc3cc(O[C@@H]4O[C@@H](C)[C@H](O)[C@@H](O)[C@H]4O)cc(O)c3c2=O)O[C@H]1CO. The quantitative estimate of drug-likeness (QED) is 0.167. The van der Waals surface area contributed by atoms with Gasteiger partial charge in [0.25, 0.3) is 0 Å². The Balaban J connectivity index is 1.56. The second kappa shape index (κ2) is 12.0. The van der Waals surface area contributed by atoms with E-state index in [4.69, 9.17) is 28.1 Å². The molecule has 9 atom stereocenters. The normalized spacial score (nSPS) is 30.7. The van der Waals surface area contributed by atoms with E-state index < -0.39 is 84.8 Å². The fourth-order valence-corrected chi connectivity index (χ4v) is 4.88. The average molecular weight is 607 g/mol. The number of esters is 1. The zero-order chi connectivity index (χ0) is 31.2. The van der Waals surface area contributed by atoms with Crippen molar-refractivity contribution in [1.29, 1.82) is 0 Å². The van der Waals surface area contributed by atoms with Crippen molar-refractivity contribution in [2.45, 2.75) is 69.2 Å². The van der Waals surface area contributed by atoms with E-state index >= 15 is 0 Å². The first-order valence-electron chi connectivity index (χ1n) is 13.2. The van der Waals surface area contributed by atoms with Crippen molar-refractivity contribution >= 4 is 16.9 Å². The van der Waals surface area contributed by atoms with Crippen molar-refractivity contribution in [3.8, 4) is 34.3 Å². The van der Waals surface area contributed by atoms with Crippen LogP contribution in [0.15, 0.2) is 45.6 Å². The number of aromatic hydroxyl groups is 2. The van der Waals surface area contributed by atoms with Crippen molar-refractivity contribution in [2.75, 3.05) is 6.61 Å². The Morgan fingerprint density at radius 2 is 1.58 bits per heavy atom. The molecule has 15 nitrogen and oxygen atoms in total. The van der Waals surface area contributed by atoms with Gasteiger partial charge in [-0.2, -0.15) is 0 Å². The molecular weight excluding hydrogens is 576 g/mol. The van der Waals surface area contributed by atoms with Crippen LogP contribution < -0.4 is 14.9 Å². The van der Waals surface area contributed by atoms with E-state index in [-0.39, 0.29) is 33.8 Å². The summed E-state index contributed by atoms with van der Waals surface area (Å²) >= 11 is 0. The van der Waals surface area contributed by atoms with Crippen LogP contribution in [0.1, 0.15) is 13.8 Å². The number of phenols is 2. The Bertz CT molecular complexity index is 1540. The zero-order valence-corrected chi connectivity index (χ0v) is 22.8. The van der Waals surface area contributed by atoms with Gasteiger partial charge in [-0.15, -0.1) is 0 Å². The predicted molar refractivity (Wildman–Crippen MR) is 142 cm³/mol. The number of hydrogen-bond donors (Lipinski definition) is 7. The highest BCUT2D eigenvalue weighted by molar-refractivity contribution is 5.88. The standard InChI is InChI=1S/C28H30O15/c1-10-19(33)21(35)22(36)27(38-10)40-14-7-15(32)18-16(8-14)41-24(12-3-5-13(31)6-4-12)26(20(18)34)43-28-23(37)25(39-11(2)30)17(9-29)42-28/h3-8,10,17,19,21-23,25,27-29,31-33,35-37H,9H2,1-2H3/t10-,17-,19-,21+,22+,23+,25-,27-,28-/m0/s1. The molecule has 0 unspecified atom stereocenters. The number of ether oxygens (including phenoxy) is 5. The van der Waals surface area contributed by atoms with Crippen LogP contribution in [0.4, 0.5) is 0 Å². The molecule has 0 radical (unpaired) electrons. The maximum Gasteiger partial charge on any atom is 0.303 e. The number of rotatable bonds is 7. The van der Waals surface area contributed by atoms with Gasteiger partial charge in [0.2, 0.25) is 23.8 Å². The zero-order valence-electron chi connectivity index (χ0n) is 22.8. The van der Waals surface area contributed by atoms with Gasteiger partial charge < -0.3 is 63.8 Å². The molecule has 2 aliphatic heterocycles. The minimum Gasteiger partial charge on any atom is -0.508 e. The summed E-state index contributed by atoms with van der Waals surface area (Å²) in [6.45, 7) is 1.91. The fourth-order valence-electron chi connectivity index (χ4n) is 4.88. The number of aliphatic hydroxyl groups excluding tert-OH is 5. The highest BCUT2D eigenvalue weighted by Crippen LogP contribution is 2.38. The summed E-state index contributed by atoms with van der Waals surface area (Å²) in [5, 5.41) is 71.0. The first-order chi connectivity index (χ1) is 20.4. The Kier molecular flexibility index (Phi) is 8.49. The molecule has 0 spiro atoms. The van der Waals surface area contributed by atoms with Crippen LogP contribution in [0.5, 0.6) is 23.0 Å². The van der Waals surface area contributed by atoms with Crippen molar-refractivity contribution in [2.24, 2.45) is 0 Å². The van der Waals surface area contributed by atoms with Gasteiger partial charge in [-0.3, -0.25) is 9.59 Å². The van der Waals surface area contributed by atoms with Crippen molar-refractivity contribution in [3.05, 3.63) is 46.6 Å². The molecule has 3 heterocycles. The first kappa shape index (κ1) is 30.5. The summed E-state index contributed by atoms with van der Waals surface area (Å²) in [5.74, 6) is -2.37. The second-order valence-electron chi connectivity index (χ2n) is 10.2. The lowest BCUT2D eigenvalue weighted by Gasteiger charge is -2.38. The first-order valence-corrected chi connectivity index (χ1v) is 13.2. The van der Waals surface area contributed by atoms with Gasteiger partial charge in [0.1, 0.15) is 52.6 Å². The lowest BCUT2D eigenvalue weighted by molar-refractivity contribution is -0.268. The molecule has 2 fully saturated rings. The summed E-state index contributed by atoms with van der Waals surface area (Å²) in [5.41, 5.74) is -0.910. The van der Waals surface area contributed by atoms with Gasteiger partial charge in [-0.1, -0.05) is 0 Å². The van der Waals surface area contributed by atoms with E-state index in [1.807, 2.05) is 0 Å². The number of carbonyl (C=O) groups is 1. The molecule has 0 aliphatic carbocycles. The van der Waals surface area contributed by atoms with Crippen LogP contribution in [0.25, 0.3) is 22.3 Å². The third kappa shape index (κ3) is 5.83. The summed E-state index contributed by atoms with van der Waals surface area (Å²) < 4.78 is 33.3. The molecule has 0 bridgehead atoms. The van der Waals surface area contributed by atoms with Crippen LogP contribution in [0, 0.1) is 0 Å². The molecule has 2 saturated heterocycles. The Hall–Kier alpha value is -3.96. The number of phenolic OH excluding ortho intramolecular Hbond substituents is 2. The number of fused-ring (bicyclic) bond motifs is 1. The summed E-state index contributed by atoms with van der Waals surface area (Å²) in [7, 11) is 0. The third-order valence-corrected chi connectivity index (χ3v) is 7.10. The highest BCUT2D eigenvalue weighted by Gasteiger charge is 2.48. The Morgan fingerprint density at radius 3 is 2.23 bits per heavy atom. The van der Waals surface area contributed by atoms with Gasteiger partial charge in [-0.25, -0.2) is 0 Å². The number of hydrogen-bond acceptors (Lipinski definition) is 15. The molecule has 43 heavy (non-hydrogen) atoms. The lowest BCUT2D eigenvalue weighted by Crippen LogP contribution is -2.58. The molecule has 0 saturated carbocycles. The second-order valence-corrected chi connectivity index (χ2v) is 10.2. The smallest absolute Gasteiger partial charge is 0.303 e. The summed E-state index contributed by atoms with van der Waals surface area (Å²) in [6.07, 6.45) is -12.7. The largest absolute Gasteiger partial charge is 0.508 e. The number of aliphatic hydroxyl groups is 5. The topological polar surface area (TPSA) is 235 Å². The van der Waals surface area contributed by atoms with E-state index in [0.29, 0.717) is 0 Å². The van der Waals surface area contributed by atoms with Crippen molar-refractivity contribution in [1.82, 2.24) is 0 Å². The average Bonchev–Trinajstić information content (AvgIpc) is 3.25. The molecule has 2 aliphatic rings. The summed E-state index contributed by atoms with van der Waals surface area (Å²) in [4.78, 5) is 25.3. The molecule has 5 rings (SSSR count). The van der Waals surface area contributed by atoms with E-state index in [1.54, 1.807) is 0 Å². The van der Waals surface area contributed by atoms with Crippen molar-refractivity contribution in [3.63, 3.8) is 0 Å². The van der Waals surface area contributed by atoms with Gasteiger partial charge in [-0.05, 0) is 31.2 Å². The van der Waals surface area contributed by atoms with Crippen LogP contribution >= 0.6 is 0 Å². The molecular formula is C28H30O15. The molecule has 0 amide bonds. The molecule has 15 heteroatoms. The minimum atomic E-state index is -1.66. The fraction of sp³-hybridized carbons (Fsp3) is 0.429. The van der Waals surface area contributed by atoms with Crippen molar-refractivity contribution < 1.29 is 68.6 Å². The molecule has 7 N–H and O–H groups in total. The number of benzene rings is 2. The molecule has 232 valence electrons.